The topological polar surface area (TPSA) is 0 Å². The van der Waals surface area contributed by atoms with Crippen molar-refractivity contribution in [1.82, 2.24) is 0 Å². The fraction of sp³-hybridized carbons (Fsp3) is 0.400. The van der Waals surface area contributed by atoms with Crippen LogP contribution in [0.5, 0.6) is 0 Å². The van der Waals surface area contributed by atoms with E-state index in [2.05, 4.69) is 15.9 Å². The van der Waals surface area contributed by atoms with E-state index in [1.165, 1.54) is 6.07 Å². The van der Waals surface area contributed by atoms with E-state index in [1.54, 1.807) is 6.07 Å². The molecule has 14 heavy (non-hydrogen) atoms. The van der Waals surface area contributed by atoms with Crippen LogP contribution < -0.4 is 0 Å². The van der Waals surface area contributed by atoms with E-state index in [9.17, 15) is 4.39 Å². The number of halogens is 4. The summed E-state index contributed by atoms with van der Waals surface area (Å²) in [5.41, 5.74) is 0.913. The minimum absolute atomic E-state index is 0.191. The van der Waals surface area contributed by atoms with Gasteiger partial charge in [0.1, 0.15) is 5.82 Å². The lowest BCUT2D eigenvalue weighted by Crippen LogP contribution is -2.08. The van der Waals surface area contributed by atoms with Crippen molar-refractivity contribution in [1.29, 1.82) is 0 Å². The van der Waals surface area contributed by atoms with E-state index in [1.807, 2.05) is 6.07 Å². The van der Waals surface area contributed by atoms with Crippen LogP contribution in [0, 0.1) is 11.7 Å². The Morgan fingerprint density at radius 3 is 2.50 bits per heavy atom. The Morgan fingerprint density at radius 1 is 1.29 bits per heavy atom. The van der Waals surface area contributed by atoms with Crippen molar-refractivity contribution in [2.24, 2.45) is 5.92 Å². The summed E-state index contributed by atoms with van der Waals surface area (Å²) in [6.07, 6.45) is 0.700. The summed E-state index contributed by atoms with van der Waals surface area (Å²) in [5, 5.41) is 0. The summed E-state index contributed by atoms with van der Waals surface area (Å²) in [6.45, 7) is 0. The number of benzene rings is 1. The Kier molecular flexibility index (Phi) is 5.21. The molecule has 1 aromatic carbocycles. The van der Waals surface area contributed by atoms with Gasteiger partial charge in [-0.15, -0.1) is 23.2 Å². The summed E-state index contributed by atoms with van der Waals surface area (Å²) < 4.78 is 13.6. The zero-order chi connectivity index (χ0) is 10.6. The Hall–Kier alpha value is 0.210. The van der Waals surface area contributed by atoms with E-state index in [-0.39, 0.29) is 11.7 Å². The minimum atomic E-state index is -0.245. The fourth-order valence-electron chi connectivity index (χ4n) is 1.17. The molecule has 0 heterocycles. The Morgan fingerprint density at radius 2 is 1.93 bits per heavy atom. The molecule has 4 heteroatoms. The summed E-state index contributed by atoms with van der Waals surface area (Å²) in [6, 6.07) is 4.98. The second-order valence-corrected chi connectivity index (χ2v) is 4.50. The molecule has 0 saturated carbocycles. The van der Waals surface area contributed by atoms with Gasteiger partial charge in [0.15, 0.2) is 0 Å². The highest BCUT2D eigenvalue weighted by Crippen LogP contribution is 2.23. The van der Waals surface area contributed by atoms with Gasteiger partial charge in [0.2, 0.25) is 0 Å². The Balaban J connectivity index is 2.80. The maximum atomic E-state index is 13.1. The van der Waals surface area contributed by atoms with Crippen molar-refractivity contribution in [3.63, 3.8) is 0 Å². The zero-order valence-corrected chi connectivity index (χ0v) is 10.5. The highest BCUT2D eigenvalue weighted by atomic mass is 79.9. The maximum Gasteiger partial charge on any atom is 0.137 e. The lowest BCUT2D eigenvalue weighted by atomic mass is 10.0. The Labute approximate surface area is 102 Å². The molecule has 0 amide bonds. The van der Waals surface area contributed by atoms with Crippen molar-refractivity contribution < 1.29 is 4.39 Å². The normalized spacial score (nSPS) is 10.9. The van der Waals surface area contributed by atoms with Crippen LogP contribution in [0.2, 0.25) is 0 Å². The molecule has 0 bridgehead atoms. The van der Waals surface area contributed by atoms with Crippen molar-refractivity contribution in [3.8, 4) is 0 Å². The van der Waals surface area contributed by atoms with E-state index in [0.29, 0.717) is 22.7 Å². The van der Waals surface area contributed by atoms with Gasteiger partial charge >= 0.3 is 0 Å². The number of rotatable bonds is 4. The molecule has 0 N–H and O–H groups in total. The maximum absolute atomic E-state index is 13.1. The van der Waals surface area contributed by atoms with Gasteiger partial charge in [-0.25, -0.2) is 4.39 Å². The van der Waals surface area contributed by atoms with Gasteiger partial charge in [0.25, 0.3) is 0 Å². The van der Waals surface area contributed by atoms with Gasteiger partial charge in [-0.2, -0.15) is 0 Å². The molecular weight excluding hydrogens is 290 g/mol. The molecule has 0 nitrogen and oxygen atoms in total. The first-order chi connectivity index (χ1) is 6.69. The third kappa shape index (κ3) is 3.11. The third-order valence-electron chi connectivity index (χ3n) is 1.98. The predicted octanol–water partition coefficient (Wildman–Crippen LogP) is 4.22. The quantitative estimate of drug-likeness (QED) is 0.730. The first kappa shape index (κ1) is 12.3. The molecule has 0 aliphatic carbocycles. The molecule has 0 atom stereocenters. The standard InChI is InChI=1S/C10H10BrCl2F/c11-10-8(2-1-3-9(10)14)4-7(5-12)6-13/h1-3,7H,4-6H2. The third-order valence-corrected chi connectivity index (χ3v) is 3.74. The zero-order valence-electron chi connectivity index (χ0n) is 7.44. The van der Waals surface area contributed by atoms with Crippen LogP contribution in [0.1, 0.15) is 5.56 Å². The van der Waals surface area contributed by atoms with Gasteiger partial charge in [0.05, 0.1) is 4.47 Å². The first-order valence-electron chi connectivity index (χ1n) is 4.23. The molecule has 0 aromatic heterocycles. The van der Waals surface area contributed by atoms with Crippen molar-refractivity contribution >= 4 is 39.1 Å². The molecule has 0 unspecified atom stereocenters. The van der Waals surface area contributed by atoms with Crippen LogP contribution in [0.15, 0.2) is 22.7 Å². The smallest absolute Gasteiger partial charge is 0.137 e. The molecule has 0 aliphatic rings. The molecule has 0 aliphatic heterocycles. The average molecular weight is 300 g/mol. The van der Waals surface area contributed by atoms with Crippen molar-refractivity contribution in [2.75, 3.05) is 11.8 Å². The predicted molar refractivity (Wildman–Crippen MR) is 62.7 cm³/mol. The van der Waals surface area contributed by atoms with E-state index in [0.717, 1.165) is 5.56 Å². The monoisotopic (exact) mass is 298 g/mol. The molecular formula is C10H10BrCl2F. The summed E-state index contributed by atoms with van der Waals surface area (Å²) in [5.74, 6) is 0.931. The van der Waals surface area contributed by atoms with Crippen LogP contribution in [-0.4, -0.2) is 11.8 Å². The van der Waals surface area contributed by atoms with Crippen molar-refractivity contribution in [3.05, 3.63) is 34.1 Å². The summed E-state index contributed by atoms with van der Waals surface area (Å²) in [7, 11) is 0. The number of hydrogen-bond donors (Lipinski definition) is 0. The lowest BCUT2D eigenvalue weighted by Gasteiger charge is -2.11. The number of hydrogen-bond acceptors (Lipinski definition) is 0. The van der Waals surface area contributed by atoms with Crippen molar-refractivity contribution in [2.45, 2.75) is 6.42 Å². The highest BCUT2D eigenvalue weighted by Gasteiger charge is 2.11. The van der Waals surface area contributed by atoms with Gasteiger partial charge in [-0.3, -0.25) is 0 Å². The van der Waals surface area contributed by atoms with Crippen LogP contribution in [0.4, 0.5) is 4.39 Å². The van der Waals surface area contributed by atoms with Gasteiger partial charge < -0.3 is 0 Å². The molecule has 0 fully saturated rings. The Bertz CT molecular complexity index is 300. The van der Waals surface area contributed by atoms with E-state index in [4.69, 9.17) is 23.2 Å². The highest BCUT2D eigenvalue weighted by molar-refractivity contribution is 9.10. The van der Waals surface area contributed by atoms with Crippen LogP contribution >= 0.6 is 39.1 Å². The van der Waals surface area contributed by atoms with E-state index < -0.39 is 0 Å². The van der Waals surface area contributed by atoms with E-state index >= 15 is 0 Å². The SMILES string of the molecule is Fc1cccc(CC(CCl)CCl)c1Br. The number of alkyl halides is 2. The van der Waals surface area contributed by atoms with Gasteiger partial charge in [-0.1, -0.05) is 12.1 Å². The lowest BCUT2D eigenvalue weighted by molar-refractivity contribution is 0.608. The molecule has 0 radical (unpaired) electrons. The summed E-state index contributed by atoms with van der Waals surface area (Å²) in [4.78, 5) is 0. The van der Waals surface area contributed by atoms with Crippen LogP contribution in [0.25, 0.3) is 0 Å². The van der Waals surface area contributed by atoms with Crippen LogP contribution in [0.3, 0.4) is 0 Å². The molecule has 1 rings (SSSR count). The largest absolute Gasteiger partial charge is 0.206 e. The fourth-order valence-corrected chi connectivity index (χ4v) is 2.14. The van der Waals surface area contributed by atoms with Gasteiger partial charge in [-0.05, 0) is 39.9 Å². The second-order valence-electron chi connectivity index (χ2n) is 3.09. The summed E-state index contributed by atoms with van der Waals surface area (Å²) >= 11 is 14.6. The molecule has 0 spiro atoms. The van der Waals surface area contributed by atoms with Gasteiger partial charge in [0, 0.05) is 11.8 Å². The minimum Gasteiger partial charge on any atom is -0.206 e. The molecule has 1 aromatic rings. The molecule has 0 saturated heterocycles. The first-order valence-corrected chi connectivity index (χ1v) is 6.10. The van der Waals surface area contributed by atoms with Crippen LogP contribution in [-0.2, 0) is 6.42 Å². The molecule has 78 valence electrons. The average Bonchev–Trinajstić information content (AvgIpc) is 2.20. The second kappa shape index (κ2) is 5.94.